The first-order valence-electron chi connectivity index (χ1n) is 3.75. The molecule has 0 bridgehead atoms. The average Bonchev–Trinajstić information content (AvgIpc) is 2.35. The largest absolute Gasteiger partial charge is 0.362 e. The molecule has 2 rings (SSSR count). The Hall–Kier alpha value is -0.0800. The molecule has 2 fully saturated rings. The molecule has 1 unspecified atom stereocenters. The monoisotopic (exact) mass is 127 g/mol. The molecule has 2 heterocycles. The molecule has 2 aliphatic rings. The van der Waals surface area contributed by atoms with Crippen LogP contribution in [0.3, 0.4) is 0 Å². The SMILES string of the molecule is C[C@H]1OCC2CCCN21. The first kappa shape index (κ1) is 5.69. The Morgan fingerprint density at radius 1 is 1.56 bits per heavy atom. The molecule has 0 radical (unpaired) electrons. The van der Waals surface area contributed by atoms with Crippen LogP contribution >= 0.6 is 0 Å². The molecule has 0 aromatic carbocycles. The van der Waals surface area contributed by atoms with E-state index >= 15 is 0 Å². The third-order valence-electron chi connectivity index (χ3n) is 2.42. The summed E-state index contributed by atoms with van der Waals surface area (Å²) in [6.45, 7) is 4.37. The van der Waals surface area contributed by atoms with Crippen molar-refractivity contribution in [1.82, 2.24) is 4.90 Å². The lowest BCUT2D eigenvalue weighted by atomic mass is 10.2. The van der Waals surface area contributed by atoms with Crippen LogP contribution in [-0.4, -0.2) is 30.3 Å². The maximum absolute atomic E-state index is 5.45. The van der Waals surface area contributed by atoms with Gasteiger partial charge >= 0.3 is 0 Å². The summed E-state index contributed by atoms with van der Waals surface area (Å²) in [7, 11) is 0. The van der Waals surface area contributed by atoms with Crippen LogP contribution in [0.5, 0.6) is 0 Å². The highest BCUT2D eigenvalue weighted by Gasteiger charge is 2.34. The Balaban J connectivity index is 2.07. The highest BCUT2D eigenvalue weighted by atomic mass is 16.5. The first-order valence-corrected chi connectivity index (χ1v) is 3.75. The third-order valence-corrected chi connectivity index (χ3v) is 2.42. The van der Waals surface area contributed by atoms with Gasteiger partial charge in [-0.05, 0) is 19.8 Å². The minimum atomic E-state index is 0.400. The van der Waals surface area contributed by atoms with E-state index in [0.717, 1.165) is 12.6 Å². The van der Waals surface area contributed by atoms with Crippen molar-refractivity contribution in [3.05, 3.63) is 0 Å². The second-order valence-corrected chi connectivity index (χ2v) is 2.97. The number of hydrogen-bond acceptors (Lipinski definition) is 2. The third kappa shape index (κ3) is 0.775. The Bertz CT molecular complexity index is 115. The van der Waals surface area contributed by atoms with Crippen LogP contribution in [0.25, 0.3) is 0 Å². The zero-order chi connectivity index (χ0) is 6.27. The molecule has 0 aromatic rings. The lowest BCUT2D eigenvalue weighted by Gasteiger charge is -2.16. The van der Waals surface area contributed by atoms with Crippen molar-refractivity contribution in [2.45, 2.75) is 32.0 Å². The van der Waals surface area contributed by atoms with Crippen molar-refractivity contribution in [1.29, 1.82) is 0 Å². The van der Waals surface area contributed by atoms with Crippen molar-refractivity contribution in [2.75, 3.05) is 13.2 Å². The topological polar surface area (TPSA) is 12.5 Å². The van der Waals surface area contributed by atoms with E-state index in [1.807, 2.05) is 0 Å². The summed E-state index contributed by atoms with van der Waals surface area (Å²) in [5.41, 5.74) is 0. The van der Waals surface area contributed by atoms with Gasteiger partial charge in [-0.3, -0.25) is 4.90 Å². The van der Waals surface area contributed by atoms with Crippen LogP contribution in [0, 0.1) is 0 Å². The maximum Gasteiger partial charge on any atom is 0.108 e. The molecule has 2 atom stereocenters. The van der Waals surface area contributed by atoms with Crippen LogP contribution in [0.15, 0.2) is 0 Å². The number of nitrogens with zero attached hydrogens (tertiary/aromatic N) is 1. The molecule has 0 aromatic heterocycles. The maximum atomic E-state index is 5.45. The number of fused-ring (bicyclic) bond motifs is 1. The van der Waals surface area contributed by atoms with Crippen LogP contribution in [0.4, 0.5) is 0 Å². The Labute approximate surface area is 55.8 Å². The van der Waals surface area contributed by atoms with E-state index in [0.29, 0.717) is 6.23 Å². The van der Waals surface area contributed by atoms with Crippen molar-refractivity contribution in [3.8, 4) is 0 Å². The normalized spacial score (nSPS) is 43.7. The summed E-state index contributed by atoms with van der Waals surface area (Å²) >= 11 is 0. The zero-order valence-electron chi connectivity index (χ0n) is 5.84. The molecule has 52 valence electrons. The van der Waals surface area contributed by atoms with Gasteiger partial charge in [0.15, 0.2) is 0 Å². The second kappa shape index (κ2) is 1.96. The molecule has 2 heteroatoms. The summed E-state index contributed by atoms with van der Waals surface area (Å²) < 4.78 is 5.45. The Morgan fingerprint density at radius 2 is 2.44 bits per heavy atom. The van der Waals surface area contributed by atoms with Crippen LogP contribution in [0.2, 0.25) is 0 Å². The summed E-state index contributed by atoms with van der Waals surface area (Å²) in [5, 5.41) is 0. The van der Waals surface area contributed by atoms with Crippen molar-refractivity contribution in [2.24, 2.45) is 0 Å². The number of ether oxygens (including phenoxy) is 1. The van der Waals surface area contributed by atoms with Gasteiger partial charge in [0.05, 0.1) is 6.61 Å². The van der Waals surface area contributed by atoms with Gasteiger partial charge in [0, 0.05) is 12.6 Å². The molecular weight excluding hydrogens is 114 g/mol. The van der Waals surface area contributed by atoms with Crippen LogP contribution in [0.1, 0.15) is 19.8 Å². The standard InChI is InChI=1S/C7H13NO/c1-6-8-4-2-3-7(8)5-9-6/h6-7H,2-5H2,1H3/t6-,7?/m1/s1. The second-order valence-electron chi connectivity index (χ2n) is 2.97. The van der Waals surface area contributed by atoms with Gasteiger partial charge in [-0.25, -0.2) is 0 Å². The van der Waals surface area contributed by atoms with Crippen LogP contribution < -0.4 is 0 Å². The fourth-order valence-corrected chi connectivity index (χ4v) is 1.86. The van der Waals surface area contributed by atoms with E-state index in [9.17, 15) is 0 Å². The van der Waals surface area contributed by atoms with Gasteiger partial charge in [0.2, 0.25) is 0 Å². The van der Waals surface area contributed by atoms with E-state index in [-0.39, 0.29) is 0 Å². The summed E-state index contributed by atoms with van der Waals surface area (Å²) in [5.74, 6) is 0. The predicted molar refractivity (Wildman–Crippen MR) is 35.1 cm³/mol. The van der Waals surface area contributed by atoms with Crippen molar-refractivity contribution < 1.29 is 4.74 Å². The summed E-state index contributed by atoms with van der Waals surface area (Å²) in [4.78, 5) is 2.46. The predicted octanol–water partition coefficient (Wildman–Crippen LogP) is 0.827. The fourth-order valence-electron chi connectivity index (χ4n) is 1.86. The molecule has 0 amide bonds. The number of hydrogen-bond donors (Lipinski definition) is 0. The van der Waals surface area contributed by atoms with Crippen molar-refractivity contribution >= 4 is 0 Å². The van der Waals surface area contributed by atoms with E-state index in [2.05, 4.69) is 11.8 Å². The summed E-state index contributed by atoms with van der Waals surface area (Å²) in [6.07, 6.45) is 3.13. The van der Waals surface area contributed by atoms with Gasteiger partial charge in [-0.15, -0.1) is 0 Å². The van der Waals surface area contributed by atoms with E-state index < -0.39 is 0 Å². The minimum Gasteiger partial charge on any atom is -0.362 e. The van der Waals surface area contributed by atoms with E-state index in [4.69, 9.17) is 4.74 Å². The summed E-state index contributed by atoms with van der Waals surface area (Å²) in [6, 6.07) is 0.764. The smallest absolute Gasteiger partial charge is 0.108 e. The van der Waals surface area contributed by atoms with Gasteiger partial charge in [-0.2, -0.15) is 0 Å². The molecule has 2 saturated heterocycles. The van der Waals surface area contributed by atoms with Gasteiger partial charge in [-0.1, -0.05) is 0 Å². The molecule has 2 nitrogen and oxygen atoms in total. The highest BCUT2D eigenvalue weighted by Crippen LogP contribution is 2.26. The molecule has 0 aliphatic carbocycles. The quantitative estimate of drug-likeness (QED) is 0.478. The van der Waals surface area contributed by atoms with E-state index in [1.165, 1.54) is 19.4 Å². The molecule has 9 heavy (non-hydrogen) atoms. The minimum absolute atomic E-state index is 0.400. The highest BCUT2D eigenvalue weighted by molar-refractivity contribution is 4.84. The first-order chi connectivity index (χ1) is 4.38. The lowest BCUT2D eigenvalue weighted by molar-refractivity contribution is 0.0523. The van der Waals surface area contributed by atoms with Crippen LogP contribution in [-0.2, 0) is 4.74 Å². The van der Waals surface area contributed by atoms with Crippen molar-refractivity contribution in [3.63, 3.8) is 0 Å². The van der Waals surface area contributed by atoms with Gasteiger partial charge < -0.3 is 4.74 Å². The average molecular weight is 127 g/mol. The fraction of sp³-hybridized carbons (Fsp3) is 1.00. The lowest BCUT2D eigenvalue weighted by Crippen LogP contribution is -2.29. The zero-order valence-corrected chi connectivity index (χ0v) is 5.84. The molecule has 0 N–H and O–H groups in total. The number of rotatable bonds is 0. The Kier molecular flexibility index (Phi) is 1.24. The molecule has 0 spiro atoms. The van der Waals surface area contributed by atoms with Gasteiger partial charge in [0.25, 0.3) is 0 Å². The molecular formula is C7H13NO. The molecule has 0 saturated carbocycles. The van der Waals surface area contributed by atoms with Gasteiger partial charge in [0.1, 0.15) is 6.23 Å². The Morgan fingerprint density at radius 3 is 3.22 bits per heavy atom. The molecule has 2 aliphatic heterocycles. The van der Waals surface area contributed by atoms with E-state index in [1.54, 1.807) is 0 Å².